The third kappa shape index (κ3) is 2.35. The number of hydrogen-bond acceptors (Lipinski definition) is 4. The molecule has 0 saturated heterocycles. The van der Waals surface area contributed by atoms with E-state index in [1.165, 1.54) is 18.5 Å². The average Bonchev–Trinajstić information content (AvgIpc) is 2.31. The molecular formula is C10H7FN4O. The Bertz CT molecular complexity index is 486. The molecule has 0 unspecified atom stereocenters. The summed E-state index contributed by atoms with van der Waals surface area (Å²) in [7, 11) is 0. The zero-order valence-corrected chi connectivity index (χ0v) is 8.09. The fraction of sp³-hybridized carbons (Fsp3) is 0. The van der Waals surface area contributed by atoms with Crippen molar-refractivity contribution >= 4 is 11.9 Å². The van der Waals surface area contributed by atoms with Crippen molar-refractivity contribution in [3.63, 3.8) is 0 Å². The number of carbonyl (C=O) groups excluding carboxylic acids is 1. The van der Waals surface area contributed by atoms with Gasteiger partial charge in [0.2, 0.25) is 11.9 Å². The van der Waals surface area contributed by atoms with E-state index >= 15 is 0 Å². The summed E-state index contributed by atoms with van der Waals surface area (Å²) in [5, 5.41) is 2.45. The van der Waals surface area contributed by atoms with Gasteiger partial charge in [0, 0.05) is 18.6 Å². The number of aromatic nitrogens is 3. The molecular weight excluding hydrogens is 211 g/mol. The van der Waals surface area contributed by atoms with Crippen LogP contribution in [0.1, 0.15) is 10.4 Å². The molecule has 16 heavy (non-hydrogen) atoms. The minimum Gasteiger partial charge on any atom is -0.290 e. The van der Waals surface area contributed by atoms with Crippen molar-refractivity contribution in [1.82, 2.24) is 15.0 Å². The monoisotopic (exact) mass is 218 g/mol. The summed E-state index contributed by atoms with van der Waals surface area (Å²) in [5.74, 6) is -0.872. The third-order valence-corrected chi connectivity index (χ3v) is 1.78. The van der Waals surface area contributed by atoms with Crippen LogP contribution in [0.15, 0.2) is 36.8 Å². The SMILES string of the molecule is O=C(Nc1ncccn1)c1ccc(F)nc1. The largest absolute Gasteiger partial charge is 0.290 e. The molecule has 0 bridgehead atoms. The number of anilines is 1. The highest BCUT2D eigenvalue weighted by Gasteiger charge is 2.07. The second-order valence-electron chi connectivity index (χ2n) is 2.90. The highest BCUT2D eigenvalue weighted by molar-refractivity contribution is 6.02. The summed E-state index contributed by atoms with van der Waals surface area (Å²) < 4.78 is 12.5. The smallest absolute Gasteiger partial charge is 0.259 e. The van der Waals surface area contributed by atoms with Gasteiger partial charge in [-0.1, -0.05) is 0 Å². The van der Waals surface area contributed by atoms with Gasteiger partial charge in [-0.3, -0.25) is 10.1 Å². The maximum absolute atomic E-state index is 12.5. The van der Waals surface area contributed by atoms with E-state index in [2.05, 4.69) is 20.3 Å². The fourth-order valence-electron chi connectivity index (χ4n) is 1.05. The molecule has 0 aliphatic rings. The molecule has 0 radical (unpaired) electrons. The highest BCUT2D eigenvalue weighted by Crippen LogP contribution is 2.02. The molecule has 2 aromatic rings. The lowest BCUT2D eigenvalue weighted by atomic mass is 10.3. The number of hydrogen-bond donors (Lipinski definition) is 1. The minimum absolute atomic E-state index is 0.192. The van der Waals surface area contributed by atoms with Crippen LogP contribution in [0.3, 0.4) is 0 Å². The molecule has 2 aromatic heterocycles. The molecule has 6 heteroatoms. The molecule has 0 spiro atoms. The molecule has 0 fully saturated rings. The van der Waals surface area contributed by atoms with Gasteiger partial charge >= 0.3 is 0 Å². The topological polar surface area (TPSA) is 67.8 Å². The van der Waals surface area contributed by atoms with Crippen LogP contribution in [-0.2, 0) is 0 Å². The van der Waals surface area contributed by atoms with E-state index in [4.69, 9.17) is 0 Å². The average molecular weight is 218 g/mol. The minimum atomic E-state index is -0.632. The van der Waals surface area contributed by atoms with Crippen molar-refractivity contribution in [2.24, 2.45) is 0 Å². The first-order valence-corrected chi connectivity index (χ1v) is 4.45. The van der Waals surface area contributed by atoms with Crippen molar-refractivity contribution in [2.45, 2.75) is 0 Å². The van der Waals surface area contributed by atoms with Gasteiger partial charge in [-0.15, -0.1) is 0 Å². The van der Waals surface area contributed by atoms with Gasteiger partial charge < -0.3 is 0 Å². The second kappa shape index (κ2) is 4.43. The Labute approximate surface area is 90.4 Å². The molecule has 0 saturated carbocycles. The Morgan fingerprint density at radius 1 is 1.19 bits per heavy atom. The van der Waals surface area contributed by atoms with Crippen LogP contribution < -0.4 is 5.32 Å². The van der Waals surface area contributed by atoms with Crippen molar-refractivity contribution in [2.75, 3.05) is 5.32 Å². The van der Waals surface area contributed by atoms with Gasteiger partial charge in [-0.05, 0) is 18.2 Å². The maximum atomic E-state index is 12.5. The van der Waals surface area contributed by atoms with E-state index in [-0.39, 0.29) is 11.5 Å². The summed E-state index contributed by atoms with van der Waals surface area (Å²) in [6, 6.07) is 4.08. The van der Waals surface area contributed by atoms with Crippen molar-refractivity contribution < 1.29 is 9.18 Å². The molecule has 1 N–H and O–H groups in total. The Morgan fingerprint density at radius 3 is 2.56 bits per heavy atom. The molecule has 2 heterocycles. The first-order chi connectivity index (χ1) is 7.75. The van der Waals surface area contributed by atoms with Crippen molar-refractivity contribution in [1.29, 1.82) is 0 Å². The summed E-state index contributed by atoms with van der Waals surface area (Å²) in [5.41, 5.74) is 0.244. The third-order valence-electron chi connectivity index (χ3n) is 1.78. The molecule has 0 aromatic carbocycles. The predicted molar refractivity (Wildman–Crippen MR) is 54.2 cm³/mol. The van der Waals surface area contributed by atoms with Crippen LogP contribution in [0, 0.1) is 5.95 Å². The number of amides is 1. The Hall–Kier alpha value is -2.37. The van der Waals surface area contributed by atoms with E-state index in [0.29, 0.717) is 0 Å². The van der Waals surface area contributed by atoms with Crippen molar-refractivity contribution in [3.8, 4) is 0 Å². The highest BCUT2D eigenvalue weighted by atomic mass is 19.1. The van der Waals surface area contributed by atoms with Gasteiger partial charge in [-0.25, -0.2) is 15.0 Å². The van der Waals surface area contributed by atoms with Crippen molar-refractivity contribution in [3.05, 3.63) is 48.3 Å². The van der Waals surface area contributed by atoms with E-state index < -0.39 is 11.9 Å². The van der Waals surface area contributed by atoms with Crippen LogP contribution in [0.4, 0.5) is 10.3 Å². The Balaban J connectivity index is 2.12. The number of carbonyl (C=O) groups is 1. The van der Waals surface area contributed by atoms with Gasteiger partial charge in [0.1, 0.15) is 0 Å². The first kappa shape index (κ1) is 10.2. The molecule has 0 aliphatic carbocycles. The van der Waals surface area contributed by atoms with Crippen LogP contribution in [0.25, 0.3) is 0 Å². The summed E-state index contributed by atoms with van der Waals surface area (Å²) in [6.07, 6.45) is 4.16. The van der Waals surface area contributed by atoms with Crippen LogP contribution in [0.5, 0.6) is 0 Å². The predicted octanol–water partition coefficient (Wildman–Crippen LogP) is 1.26. The first-order valence-electron chi connectivity index (χ1n) is 4.45. The lowest BCUT2D eigenvalue weighted by molar-refractivity contribution is 0.102. The Kier molecular flexibility index (Phi) is 2.81. The molecule has 5 nitrogen and oxygen atoms in total. The van der Waals surface area contributed by atoms with Crippen LogP contribution >= 0.6 is 0 Å². The fourth-order valence-corrected chi connectivity index (χ4v) is 1.05. The second-order valence-corrected chi connectivity index (χ2v) is 2.90. The standard InChI is InChI=1S/C10H7FN4O/c11-8-3-2-7(6-14-8)9(16)15-10-12-4-1-5-13-10/h1-6H,(H,12,13,15,16). The lowest BCUT2D eigenvalue weighted by Crippen LogP contribution is -2.14. The Morgan fingerprint density at radius 2 is 1.94 bits per heavy atom. The molecule has 1 amide bonds. The van der Waals surface area contributed by atoms with Gasteiger partial charge in [0.05, 0.1) is 5.56 Å². The van der Waals surface area contributed by atoms with Gasteiger partial charge in [-0.2, -0.15) is 4.39 Å². The van der Waals surface area contributed by atoms with Gasteiger partial charge in [0.15, 0.2) is 0 Å². The molecule has 2 rings (SSSR count). The zero-order valence-electron chi connectivity index (χ0n) is 8.09. The van der Waals surface area contributed by atoms with Crippen LogP contribution in [-0.4, -0.2) is 20.9 Å². The summed E-state index contributed by atoms with van der Waals surface area (Å²) in [6.45, 7) is 0. The zero-order chi connectivity index (χ0) is 11.4. The number of rotatable bonds is 2. The van der Waals surface area contributed by atoms with E-state index in [9.17, 15) is 9.18 Å². The summed E-state index contributed by atoms with van der Waals surface area (Å²) >= 11 is 0. The van der Waals surface area contributed by atoms with Gasteiger partial charge in [0.25, 0.3) is 5.91 Å². The molecule has 0 atom stereocenters. The molecule has 0 aliphatic heterocycles. The quantitative estimate of drug-likeness (QED) is 0.770. The molecule has 80 valence electrons. The van der Waals surface area contributed by atoms with E-state index in [0.717, 1.165) is 12.3 Å². The normalized spacial score (nSPS) is 9.81. The maximum Gasteiger partial charge on any atom is 0.259 e. The van der Waals surface area contributed by atoms with E-state index in [1.807, 2.05) is 0 Å². The lowest BCUT2D eigenvalue weighted by Gasteiger charge is -2.01. The number of nitrogens with one attached hydrogen (secondary N) is 1. The number of halogens is 1. The number of nitrogens with zero attached hydrogens (tertiary/aromatic N) is 3. The van der Waals surface area contributed by atoms with E-state index in [1.54, 1.807) is 6.07 Å². The summed E-state index contributed by atoms with van der Waals surface area (Å²) in [4.78, 5) is 22.6. The number of pyridine rings is 1. The van der Waals surface area contributed by atoms with Crippen LogP contribution in [0.2, 0.25) is 0 Å².